The fourth-order valence-corrected chi connectivity index (χ4v) is 2.93. The summed E-state index contributed by atoms with van der Waals surface area (Å²) in [5.41, 5.74) is 0.341. The van der Waals surface area contributed by atoms with Crippen LogP contribution in [0.2, 0.25) is 5.02 Å². The number of amides is 2. The molecule has 0 saturated carbocycles. The molecular formula is C19H16ClN3O7. The van der Waals surface area contributed by atoms with Crippen molar-refractivity contribution in [3.05, 3.63) is 57.6 Å². The first-order chi connectivity index (χ1) is 14.3. The minimum atomic E-state index is -0.677. The van der Waals surface area contributed by atoms with Gasteiger partial charge in [-0.25, -0.2) is 0 Å². The summed E-state index contributed by atoms with van der Waals surface area (Å²) in [6, 6.07) is 10.7. The minimum Gasteiger partial charge on any atom is -0.482 e. The van der Waals surface area contributed by atoms with Gasteiger partial charge in [-0.1, -0.05) is 23.7 Å². The summed E-state index contributed by atoms with van der Waals surface area (Å²) in [5, 5.41) is 13.2. The summed E-state index contributed by atoms with van der Waals surface area (Å²) in [6.07, 6.45) is -0.125. The van der Waals surface area contributed by atoms with Gasteiger partial charge in [0, 0.05) is 18.3 Å². The highest BCUT2D eigenvalue weighted by atomic mass is 35.5. The minimum absolute atomic E-state index is 0.0661. The Morgan fingerprint density at radius 1 is 1.27 bits per heavy atom. The van der Waals surface area contributed by atoms with E-state index in [9.17, 15) is 24.5 Å². The summed E-state index contributed by atoms with van der Waals surface area (Å²) in [4.78, 5) is 47.6. The van der Waals surface area contributed by atoms with E-state index in [1.54, 1.807) is 24.3 Å². The van der Waals surface area contributed by atoms with E-state index in [4.69, 9.17) is 21.1 Å². The largest absolute Gasteiger partial charge is 0.482 e. The van der Waals surface area contributed by atoms with Crippen LogP contribution in [0.4, 0.5) is 17.1 Å². The van der Waals surface area contributed by atoms with Gasteiger partial charge in [-0.3, -0.25) is 24.5 Å². The summed E-state index contributed by atoms with van der Waals surface area (Å²) in [6.45, 7) is -0.631. The fourth-order valence-electron chi connectivity index (χ4n) is 2.75. The molecule has 2 amide bonds. The Balaban J connectivity index is 1.49. The number of rotatable bonds is 7. The van der Waals surface area contributed by atoms with Crippen LogP contribution in [0, 0.1) is 10.1 Å². The number of hydrogen-bond donors (Lipinski definition) is 1. The van der Waals surface area contributed by atoms with Gasteiger partial charge in [0.15, 0.2) is 13.2 Å². The van der Waals surface area contributed by atoms with E-state index >= 15 is 0 Å². The first-order valence-corrected chi connectivity index (χ1v) is 9.14. The van der Waals surface area contributed by atoms with Crippen LogP contribution in [0.1, 0.15) is 6.42 Å². The molecule has 0 saturated heterocycles. The van der Waals surface area contributed by atoms with E-state index in [0.29, 0.717) is 11.4 Å². The molecule has 0 spiro atoms. The van der Waals surface area contributed by atoms with Crippen molar-refractivity contribution in [3.8, 4) is 5.75 Å². The fraction of sp³-hybridized carbons (Fsp3) is 0.211. The highest BCUT2D eigenvalue weighted by Gasteiger charge is 2.25. The highest BCUT2D eigenvalue weighted by molar-refractivity contribution is 6.32. The molecule has 0 fully saturated rings. The van der Waals surface area contributed by atoms with Crippen LogP contribution in [0.25, 0.3) is 0 Å². The molecule has 3 rings (SSSR count). The molecule has 0 unspecified atom stereocenters. The van der Waals surface area contributed by atoms with Crippen molar-refractivity contribution in [2.45, 2.75) is 6.42 Å². The predicted octanol–water partition coefficient (Wildman–Crippen LogP) is 2.55. The average molecular weight is 434 g/mol. The van der Waals surface area contributed by atoms with E-state index in [-0.39, 0.29) is 41.9 Å². The summed E-state index contributed by atoms with van der Waals surface area (Å²) in [5.74, 6) is -1.10. The normalized spacial score (nSPS) is 12.6. The molecule has 10 nitrogen and oxygen atoms in total. The Hall–Kier alpha value is -3.66. The summed E-state index contributed by atoms with van der Waals surface area (Å²) >= 11 is 5.71. The first-order valence-electron chi connectivity index (χ1n) is 8.77. The van der Waals surface area contributed by atoms with Crippen LogP contribution >= 0.6 is 11.6 Å². The number of para-hydroxylation sites is 2. The van der Waals surface area contributed by atoms with Crippen LogP contribution in [0.15, 0.2) is 42.5 Å². The number of anilines is 2. The van der Waals surface area contributed by atoms with Crippen molar-refractivity contribution < 1.29 is 28.8 Å². The second-order valence-corrected chi connectivity index (χ2v) is 6.59. The second-order valence-electron chi connectivity index (χ2n) is 6.18. The lowest BCUT2D eigenvalue weighted by atomic mass is 10.2. The lowest BCUT2D eigenvalue weighted by molar-refractivity contribution is -0.384. The number of ether oxygens (including phenoxy) is 2. The Labute approximate surface area is 175 Å². The number of halogens is 1. The zero-order chi connectivity index (χ0) is 21.7. The Bertz CT molecular complexity index is 1010. The van der Waals surface area contributed by atoms with E-state index in [2.05, 4.69) is 5.32 Å². The van der Waals surface area contributed by atoms with Gasteiger partial charge in [-0.2, -0.15) is 0 Å². The van der Waals surface area contributed by atoms with Crippen molar-refractivity contribution >= 4 is 46.4 Å². The molecule has 1 aliphatic rings. The number of carbonyl (C=O) groups is 3. The van der Waals surface area contributed by atoms with Crippen LogP contribution < -0.4 is 15.0 Å². The molecular weight excluding hydrogens is 418 g/mol. The molecule has 0 atom stereocenters. The van der Waals surface area contributed by atoms with Gasteiger partial charge in [-0.15, -0.1) is 0 Å². The highest BCUT2D eigenvalue weighted by Crippen LogP contribution is 2.31. The SMILES string of the molecule is O=C(COC(=O)CCN1C(=O)COc2ccccc21)Nc1ccc(Cl)c([N+](=O)[O-])c1. The van der Waals surface area contributed by atoms with Crippen LogP contribution in [0.5, 0.6) is 5.75 Å². The number of esters is 1. The molecule has 2 aromatic carbocycles. The third-order valence-electron chi connectivity index (χ3n) is 4.14. The third-order valence-corrected chi connectivity index (χ3v) is 4.46. The lowest BCUT2D eigenvalue weighted by Gasteiger charge is -2.28. The van der Waals surface area contributed by atoms with E-state index in [1.165, 1.54) is 17.0 Å². The maximum absolute atomic E-state index is 12.1. The van der Waals surface area contributed by atoms with Gasteiger partial charge < -0.3 is 19.7 Å². The Morgan fingerprint density at radius 3 is 2.80 bits per heavy atom. The average Bonchev–Trinajstić information content (AvgIpc) is 2.72. The number of nitrogens with zero attached hydrogens (tertiary/aromatic N) is 2. The van der Waals surface area contributed by atoms with Crippen molar-refractivity contribution in [2.75, 3.05) is 30.0 Å². The number of nitro groups is 1. The van der Waals surface area contributed by atoms with Gasteiger partial charge in [0.1, 0.15) is 10.8 Å². The number of fused-ring (bicyclic) bond motifs is 1. The molecule has 1 heterocycles. The molecule has 156 valence electrons. The molecule has 0 bridgehead atoms. The quantitative estimate of drug-likeness (QED) is 0.403. The Morgan fingerprint density at radius 2 is 2.03 bits per heavy atom. The maximum Gasteiger partial charge on any atom is 0.308 e. The van der Waals surface area contributed by atoms with Gasteiger partial charge >= 0.3 is 5.97 Å². The standard InChI is InChI=1S/C19H16ClN3O7/c20-13-6-5-12(9-15(13)23(27)28)21-17(24)10-30-19(26)7-8-22-14-3-1-2-4-16(14)29-11-18(22)25/h1-6,9H,7-8,10-11H2,(H,21,24). The molecule has 30 heavy (non-hydrogen) atoms. The molecule has 1 aliphatic heterocycles. The van der Waals surface area contributed by atoms with Crippen LogP contribution in [0.3, 0.4) is 0 Å². The molecule has 0 aromatic heterocycles. The second kappa shape index (κ2) is 9.23. The topological polar surface area (TPSA) is 128 Å². The zero-order valence-electron chi connectivity index (χ0n) is 15.5. The van der Waals surface area contributed by atoms with Gasteiger partial charge in [0.05, 0.1) is 17.0 Å². The summed E-state index contributed by atoms with van der Waals surface area (Å²) < 4.78 is 10.2. The molecule has 2 aromatic rings. The third kappa shape index (κ3) is 5.03. The zero-order valence-corrected chi connectivity index (χ0v) is 16.3. The van der Waals surface area contributed by atoms with Gasteiger partial charge in [0.25, 0.3) is 17.5 Å². The monoisotopic (exact) mass is 433 g/mol. The number of nitro benzene ring substituents is 1. The van der Waals surface area contributed by atoms with Gasteiger partial charge in [0.2, 0.25) is 0 Å². The predicted molar refractivity (Wildman–Crippen MR) is 107 cm³/mol. The lowest BCUT2D eigenvalue weighted by Crippen LogP contribution is -2.40. The van der Waals surface area contributed by atoms with Crippen molar-refractivity contribution in [2.24, 2.45) is 0 Å². The van der Waals surface area contributed by atoms with Crippen molar-refractivity contribution in [3.63, 3.8) is 0 Å². The smallest absolute Gasteiger partial charge is 0.308 e. The molecule has 0 aliphatic carbocycles. The number of hydrogen-bond acceptors (Lipinski definition) is 7. The van der Waals surface area contributed by atoms with Gasteiger partial charge in [-0.05, 0) is 24.3 Å². The van der Waals surface area contributed by atoms with E-state index in [0.717, 1.165) is 6.07 Å². The Kier molecular flexibility index (Phi) is 6.48. The summed E-state index contributed by atoms with van der Waals surface area (Å²) in [7, 11) is 0. The number of nitrogens with one attached hydrogen (secondary N) is 1. The molecule has 0 radical (unpaired) electrons. The van der Waals surface area contributed by atoms with Crippen molar-refractivity contribution in [1.29, 1.82) is 0 Å². The molecule has 11 heteroatoms. The van der Waals surface area contributed by atoms with E-state index in [1.807, 2.05) is 0 Å². The first kappa shape index (κ1) is 21.1. The van der Waals surface area contributed by atoms with Crippen LogP contribution in [-0.4, -0.2) is 42.5 Å². The van der Waals surface area contributed by atoms with E-state index < -0.39 is 23.4 Å². The molecule has 1 N–H and O–H groups in total. The number of benzene rings is 2. The maximum atomic E-state index is 12.1. The van der Waals surface area contributed by atoms with Crippen molar-refractivity contribution in [1.82, 2.24) is 0 Å². The number of carbonyl (C=O) groups excluding carboxylic acids is 3. The van der Waals surface area contributed by atoms with Crippen LogP contribution in [-0.2, 0) is 19.1 Å².